The first-order valence-corrected chi connectivity index (χ1v) is 11.2. The molecule has 4 aromatic rings. The molecule has 0 saturated carbocycles. The molecule has 0 N–H and O–H groups in total. The van der Waals surface area contributed by atoms with Crippen molar-refractivity contribution in [1.29, 1.82) is 0 Å². The van der Waals surface area contributed by atoms with E-state index in [-0.39, 0.29) is 17.0 Å². The lowest BCUT2D eigenvalue weighted by molar-refractivity contribution is 0.0673. The molecule has 2 aromatic carbocycles. The van der Waals surface area contributed by atoms with Crippen LogP contribution in [0.5, 0.6) is 5.75 Å². The van der Waals surface area contributed by atoms with Crippen LogP contribution in [0.15, 0.2) is 48.8 Å². The zero-order valence-electron chi connectivity index (χ0n) is 18.4. The van der Waals surface area contributed by atoms with E-state index in [0.29, 0.717) is 30.2 Å². The Morgan fingerprint density at radius 1 is 1.22 bits per heavy atom. The number of piperidine rings is 1. The maximum absolute atomic E-state index is 13.8. The fourth-order valence-electron chi connectivity index (χ4n) is 4.79. The van der Waals surface area contributed by atoms with Crippen LogP contribution in [-0.2, 0) is 0 Å². The smallest absolute Gasteiger partial charge is 0.257 e. The number of ether oxygens (including phenoxy) is 1. The normalized spacial score (nSPS) is 21.2. The molecule has 7 nitrogen and oxygen atoms in total. The summed E-state index contributed by atoms with van der Waals surface area (Å²) < 4.78 is 7.40. The number of benzene rings is 2. The van der Waals surface area contributed by atoms with Gasteiger partial charge in [0.05, 0.1) is 18.4 Å². The largest absolute Gasteiger partial charge is 0.496 e. The second kappa shape index (κ2) is 7.82. The summed E-state index contributed by atoms with van der Waals surface area (Å²) in [4.78, 5) is 24.4. The van der Waals surface area contributed by atoms with Crippen LogP contribution in [0.3, 0.4) is 0 Å². The highest BCUT2D eigenvalue weighted by Crippen LogP contribution is 2.39. The Morgan fingerprint density at radius 2 is 1.97 bits per heavy atom. The van der Waals surface area contributed by atoms with Gasteiger partial charge in [0.1, 0.15) is 12.1 Å². The molecule has 3 unspecified atom stereocenters. The highest BCUT2D eigenvalue weighted by atomic mass is 31.0. The Bertz CT molecular complexity index is 1330. The number of aromatic nitrogens is 4. The van der Waals surface area contributed by atoms with Gasteiger partial charge < -0.3 is 9.64 Å². The highest BCUT2D eigenvalue weighted by molar-refractivity contribution is 7.19. The summed E-state index contributed by atoms with van der Waals surface area (Å²) in [6, 6.07) is 13.9. The fraction of sp³-hybridized carbons (Fsp3) is 0.333. The molecule has 0 aliphatic carbocycles. The van der Waals surface area contributed by atoms with Crippen LogP contribution in [0.1, 0.15) is 41.0 Å². The van der Waals surface area contributed by atoms with Crippen molar-refractivity contribution >= 4 is 31.7 Å². The zero-order valence-corrected chi connectivity index (χ0v) is 19.6. The van der Waals surface area contributed by atoms with Gasteiger partial charge in [-0.15, -0.1) is 9.24 Å². The van der Waals surface area contributed by atoms with Crippen LogP contribution >= 0.6 is 9.24 Å². The predicted octanol–water partition coefficient (Wildman–Crippen LogP) is 3.86. The van der Waals surface area contributed by atoms with E-state index in [9.17, 15) is 4.79 Å². The van der Waals surface area contributed by atoms with Crippen LogP contribution in [0, 0.1) is 6.92 Å². The molecule has 0 spiro atoms. The third-order valence-corrected chi connectivity index (χ3v) is 6.53. The van der Waals surface area contributed by atoms with Gasteiger partial charge in [-0.05, 0) is 42.3 Å². The van der Waals surface area contributed by atoms with E-state index in [2.05, 4.69) is 37.3 Å². The highest BCUT2D eigenvalue weighted by Gasteiger charge is 2.38. The SMILES string of the molecule is COc1cc2ccccc2cc1C(=O)N1CC(c2cc(C)nc3ncnn23)CC(C)(P)C1. The molecule has 3 heterocycles. The topological polar surface area (TPSA) is 72.6 Å². The van der Waals surface area contributed by atoms with E-state index in [1.807, 2.05) is 48.2 Å². The summed E-state index contributed by atoms with van der Waals surface area (Å²) in [7, 11) is 4.56. The Labute approximate surface area is 189 Å². The van der Waals surface area contributed by atoms with Crippen LogP contribution in [0.2, 0.25) is 0 Å². The standard InChI is InChI=1S/C24H26N5O2P/c1-15-8-20(29-23(27-15)25-14-26-29)18-11-24(2,32)13-28(12-18)22(30)19-9-16-6-4-5-7-17(16)10-21(19)31-3/h4-10,14,18H,11-13,32H2,1-3H3. The number of hydrogen-bond acceptors (Lipinski definition) is 5. The summed E-state index contributed by atoms with van der Waals surface area (Å²) >= 11 is 0. The average Bonchev–Trinajstić information content (AvgIpc) is 3.24. The second-order valence-corrected chi connectivity index (χ2v) is 10.3. The van der Waals surface area contributed by atoms with Gasteiger partial charge in [-0.1, -0.05) is 31.2 Å². The number of rotatable bonds is 3. The molecule has 1 saturated heterocycles. The molecule has 1 aliphatic rings. The number of fused-ring (bicyclic) bond motifs is 2. The Kier molecular flexibility index (Phi) is 5.09. The van der Waals surface area contributed by atoms with Crippen LogP contribution < -0.4 is 4.74 Å². The van der Waals surface area contributed by atoms with Gasteiger partial charge in [-0.25, -0.2) is 9.50 Å². The lowest BCUT2D eigenvalue weighted by Gasteiger charge is -2.42. The van der Waals surface area contributed by atoms with Crippen LogP contribution in [0.4, 0.5) is 0 Å². The molecule has 3 atom stereocenters. The molecule has 1 aliphatic heterocycles. The van der Waals surface area contributed by atoms with Gasteiger partial charge in [-0.3, -0.25) is 4.79 Å². The van der Waals surface area contributed by atoms with Crippen LogP contribution in [0.25, 0.3) is 16.6 Å². The first kappa shape index (κ1) is 20.8. The first-order valence-electron chi connectivity index (χ1n) is 10.7. The minimum Gasteiger partial charge on any atom is -0.496 e. The van der Waals surface area contributed by atoms with Crippen molar-refractivity contribution in [2.45, 2.75) is 31.3 Å². The fourth-order valence-corrected chi connectivity index (χ4v) is 5.29. The van der Waals surface area contributed by atoms with E-state index in [0.717, 1.165) is 28.6 Å². The Morgan fingerprint density at radius 3 is 2.72 bits per heavy atom. The van der Waals surface area contributed by atoms with Gasteiger partial charge >= 0.3 is 0 Å². The molecule has 8 heteroatoms. The summed E-state index contributed by atoms with van der Waals surface area (Å²) in [6.45, 7) is 5.38. The number of carbonyl (C=O) groups excluding carboxylic acids is 1. The summed E-state index contributed by atoms with van der Waals surface area (Å²) in [5, 5.41) is 6.32. The van der Waals surface area contributed by atoms with E-state index >= 15 is 0 Å². The van der Waals surface area contributed by atoms with Crippen LogP contribution in [-0.4, -0.2) is 55.7 Å². The van der Waals surface area contributed by atoms with Crippen molar-refractivity contribution < 1.29 is 9.53 Å². The first-order chi connectivity index (χ1) is 15.3. The molecular formula is C24H26N5O2P. The lowest BCUT2D eigenvalue weighted by Crippen LogP contribution is -2.49. The minimum absolute atomic E-state index is 0.0217. The number of methoxy groups -OCH3 is 1. The number of amides is 1. The molecule has 1 amide bonds. The van der Waals surface area contributed by atoms with Crippen molar-refractivity contribution in [2.24, 2.45) is 0 Å². The van der Waals surface area contributed by atoms with Gasteiger partial charge in [0.25, 0.3) is 11.7 Å². The van der Waals surface area contributed by atoms with E-state index in [1.54, 1.807) is 11.6 Å². The van der Waals surface area contributed by atoms with Gasteiger partial charge in [0.15, 0.2) is 0 Å². The quantitative estimate of drug-likeness (QED) is 0.446. The number of likely N-dealkylation sites (tertiary alicyclic amines) is 1. The Balaban J connectivity index is 1.54. The second-order valence-electron chi connectivity index (χ2n) is 8.93. The Hall–Kier alpha value is -3.05. The van der Waals surface area contributed by atoms with Crippen molar-refractivity contribution in [3.05, 3.63) is 65.7 Å². The molecular weight excluding hydrogens is 421 g/mol. The average molecular weight is 447 g/mol. The maximum atomic E-state index is 13.8. The third-order valence-electron chi connectivity index (χ3n) is 6.12. The molecule has 0 bridgehead atoms. The molecule has 2 aromatic heterocycles. The van der Waals surface area contributed by atoms with Crippen molar-refractivity contribution in [3.8, 4) is 5.75 Å². The van der Waals surface area contributed by atoms with E-state index < -0.39 is 0 Å². The molecule has 164 valence electrons. The molecule has 32 heavy (non-hydrogen) atoms. The van der Waals surface area contributed by atoms with Gasteiger partial charge in [-0.2, -0.15) is 10.1 Å². The lowest BCUT2D eigenvalue weighted by atomic mass is 9.86. The number of nitrogens with zero attached hydrogens (tertiary/aromatic N) is 5. The van der Waals surface area contributed by atoms with E-state index in [4.69, 9.17) is 4.74 Å². The van der Waals surface area contributed by atoms with Gasteiger partial charge in [0, 0.05) is 29.9 Å². The monoisotopic (exact) mass is 447 g/mol. The van der Waals surface area contributed by atoms with Crippen molar-refractivity contribution in [2.75, 3.05) is 20.2 Å². The predicted molar refractivity (Wildman–Crippen MR) is 127 cm³/mol. The summed E-state index contributed by atoms with van der Waals surface area (Å²) in [6.07, 6.45) is 2.44. The van der Waals surface area contributed by atoms with Crippen molar-refractivity contribution in [3.63, 3.8) is 0 Å². The maximum Gasteiger partial charge on any atom is 0.257 e. The number of hydrogen-bond donors (Lipinski definition) is 0. The number of aryl methyl sites for hydroxylation is 1. The summed E-state index contributed by atoms with van der Waals surface area (Å²) in [5.41, 5.74) is 2.51. The molecule has 5 rings (SSSR count). The zero-order chi connectivity index (χ0) is 22.5. The minimum atomic E-state index is -0.132. The summed E-state index contributed by atoms with van der Waals surface area (Å²) in [5.74, 6) is 1.27. The molecule has 0 radical (unpaired) electrons. The third kappa shape index (κ3) is 3.71. The van der Waals surface area contributed by atoms with Crippen molar-refractivity contribution in [1.82, 2.24) is 24.5 Å². The van der Waals surface area contributed by atoms with Gasteiger partial charge in [0.2, 0.25) is 0 Å². The molecule has 1 fully saturated rings. The van der Waals surface area contributed by atoms with E-state index in [1.165, 1.54) is 6.33 Å². The number of carbonyl (C=O) groups is 1.